The van der Waals surface area contributed by atoms with Gasteiger partial charge in [-0.2, -0.15) is 4.57 Å². The Balaban J connectivity index is 0.000000149. The smallest absolute Gasteiger partial charge is 0.298 e. The number of Topliss-reactive ketones (excluding diaryl/α,β-unsaturated/α-hetero) is 3. The van der Waals surface area contributed by atoms with Gasteiger partial charge in [0.15, 0.2) is 11.9 Å². The number of nitrogens with one attached hydrogen (secondary N) is 1. The zero-order valence-corrected chi connectivity index (χ0v) is 56.7. The number of ether oxygens (including phenoxy) is 5. The first-order valence-electron chi connectivity index (χ1n) is 32.0. The highest BCUT2D eigenvalue weighted by Gasteiger charge is 2.30. The summed E-state index contributed by atoms with van der Waals surface area (Å²) in [5.41, 5.74) is 15.5. The number of pyridine rings is 5. The third-order valence-electron chi connectivity index (χ3n) is 15.9. The number of rotatable bonds is 23. The molecule has 0 aliphatic rings. The molecule has 0 atom stereocenters. The third kappa shape index (κ3) is 18.9. The highest BCUT2D eigenvalue weighted by atomic mass is 35.5. The van der Waals surface area contributed by atoms with Gasteiger partial charge in [-0.05, 0) is 89.0 Å². The number of carbonyl (C=O) groups is 5. The summed E-state index contributed by atoms with van der Waals surface area (Å²) in [4.78, 5) is 66.4. The molecule has 13 rings (SSSR count). The van der Waals surface area contributed by atoms with Gasteiger partial charge in [0.2, 0.25) is 12.3 Å². The second-order valence-electron chi connectivity index (χ2n) is 22.4. The van der Waals surface area contributed by atoms with Gasteiger partial charge in [0.1, 0.15) is 11.4 Å². The average Bonchev–Trinajstić information content (AvgIpc) is 1.61. The summed E-state index contributed by atoms with van der Waals surface area (Å²) < 4.78 is 33.7. The number of amides is 1. The first kappa shape index (κ1) is 72.2. The lowest BCUT2D eigenvalue weighted by Gasteiger charge is -2.09. The minimum atomic E-state index is -1.01. The van der Waals surface area contributed by atoms with Crippen molar-refractivity contribution in [3.8, 4) is 33.4 Å². The van der Waals surface area contributed by atoms with Gasteiger partial charge >= 0.3 is 0 Å². The molecule has 0 radical (unpaired) electrons. The van der Waals surface area contributed by atoms with Crippen LogP contribution in [0.15, 0.2) is 280 Å². The van der Waals surface area contributed by atoms with Crippen molar-refractivity contribution in [2.24, 2.45) is 0 Å². The first-order valence-corrected chi connectivity index (χ1v) is 32.4. The minimum absolute atomic E-state index is 0.121. The number of carbonyl (C=O) groups excluding carboxylic acids is 5. The Bertz CT molecular complexity index is 4740. The van der Waals surface area contributed by atoms with Gasteiger partial charge in [0.25, 0.3) is 22.7 Å². The Morgan fingerprint density at radius 1 is 0.455 bits per heavy atom. The number of halogens is 1. The maximum atomic E-state index is 13.3. The molecule has 5 aromatic carbocycles. The number of hydrogen-bond donors (Lipinski definition) is 1. The van der Waals surface area contributed by atoms with E-state index in [9.17, 15) is 24.0 Å². The zero-order chi connectivity index (χ0) is 69.7. The molecule has 0 fully saturated rings. The summed E-state index contributed by atoms with van der Waals surface area (Å²) >= 11 is 5.48. The van der Waals surface area contributed by atoms with E-state index >= 15 is 0 Å². The molecule has 0 aliphatic carbocycles. The van der Waals surface area contributed by atoms with Crippen molar-refractivity contribution in [3.63, 3.8) is 0 Å². The van der Waals surface area contributed by atoms with Gasteiger partial charge in [0, 0.05) is 135 Å². The fourth-order valence-corrected chi connectivity index (χ4v) is 11.5. The Labute approximate surface area is 581 Å². The van der Waals surface area contributed by atoms with E-state index in [1.54, 1.807) is 93.3 Å². The second kappa shape index (κ2) is 37.4. The standard InChI is InChI=1S/C24H20N2O3.C18H14ClNO3.C16H18NO2.C16H15NO.C8H11NO/c1-29-16-19-20-14-8-9-15-26(20)22(21(19)17-10-4-2-5-11-17)23(27)24(28)25-18-12-6-3-7-13-18;1-23-11-13-14-9-5-6-10-20(14)16(17(21)18(19)22)15(13)12-7-3-2-4-8-12;1-19-12-10-15-9-5-6-11-17(15)13-16(18)14-7-3-2-4-8-14;1-18-12-15-14(13-7-3-2-4-8-13)11-17-10-6-5-9-16(15)17;1-10-7-5-8-4-2-3-6-9-8/h2-15H,16H2,1H3,(H,25,28);2-10H,11H2,1H3;2-9,11H,10,12-13H2,1H3;2-11H,12H2,1H3;2-4,6H,5,7H2,1H3/q;;+1;;. The second-order valence-corrected chi connectivity index (χ2v) is 22.7. The highest BCUT2D eigenvalue weighted by Crippen LogP contribution is 2.37. The Hall–Kier alpha value is -11.1. The highest BCUT2D eigenvalue weighted by molar-refractivity contribution is 6.83. The number of para-hydroxylation sites is 1. The summed E-state index contributed by atoms with van der Waals surface area (Å²) in [5.74, 6) is -1.89. The molecule has 0 aliphatic heterocycles. The quantitative estimate of drug-likeness (QED) is 0.0279. The van der Waals surface area contributed by atoms with Crippen LogP contribution in [0.1, 0.15) is 59.4 Å². The maximum absolute atomic E-state index is 13.3. The summed E-state index contributed by atoms with van der Waals surface area (Å²) in [6, 6.07) is 77.1. The maximum Gasteiger partial charge on any atom is 0.298 e. The van der Waals surface area contributed by atoms with Crippen molar-refractivity contribution < 1.29 is 52.2 Å². The molecule has 99 heavy (non-hydrogen) atoms. The minimum Gasteiger partial charge on any atom is -0.384 e. The largest absolute Gasteiger partial charge is 0.384 e. The molecule has 1 amide bonds. The Morgan fingerprint density at radius 2 is 0.919 bits per heavy atom. The Morgan fingerprint density at radius 3 is 1.44 bits per heavy atom. The number of methoxy groups -OCH3 is 5. The number of benzene rings is 5. The fraction of sp³-hybridized carbons (Fsp3) is 0.159. The van der Waals surface area contributed by atoms with Crippen LogP contribution in [-0.2, 0) is 72.5 Å². The van der Waals surface area contributed by atoms with Crippen LogP contribution in [0, 0.1) is 0 Å². The predicted molar refractivity (Wildman–Crippen MR) is 388 cm³/mol. The molecule has 0 unspecified atom stereocenters. The molecule has 17 heteroatoms. The lowest BCUT2D eigenvalue weighted by Crippen LogP contribution is -2.42. The number of aromatic nitrogens is 5. The van der Waals surface area contributed by atoms with Crippen LogP contribution in [-0.4, -0.2) is 95.4 Å². The van der Waals surface area contributed by atoms with Gasteiger partial charge in [0.05, 0.1) is 56.0 Å². The lowest BCUT2D eigenvalue weighted by molar-refractivity contribution is -0.690. The van der Waals surface area contributed by atoms with Crippen molar-refractivity contribution >= 4 is 62.3 Å². The summed E-state index contributed by atoms with van der Waals surface area (Å²) in [7, 11) is 8.33. The van der Waals surface area contributed by atoms with Gasteiger partial charge in [-0.1, -0.05) is 170 Å². The van der Waals surface area contributed by atoms with Crippen LogP contribution in [0.25, 0.3) is 49.9 Å². The predicted octanol–water partition coefficient (Wildman–Crippen LogP) is 15.3. The average molecular weight is 1340 g/mol. The lowest BCUT2D eigenvalue weighted by atomic mass is 9.99. The van der Waals surface area contributed by atoms with Crippen LogP contribution in [0.3, 0.4) is 0 Å². The summed E-state index contributed by atoms with van der Waals surface area (Å²) in [5, 5.41) is 1.69. The summed E-state index contributed by atoms with van der Waals surface area (Å²) in [6.45, 7) is 3.04. The van der Waals surface area contributed by atoms with Crippen molar-refractivity contribution in [2.45, 2.75) is 39.2 Å². The van der Waals surface area contributed by atoms with E-state index in [0.717, 1.165) is 69.7 Å². The van der Waals surface area contributed by atoms with E-state index in [2.05, 4.69) is 63.5 Å². The van der Waals surface area contributed by atoms with Crippen molar-refractivity contribution in [1.29, 1.82) is 0 Å². The summed E-state index contributed by atoms with van der Waals surface area (Å²) in [6.07, 6.45) is 13.2. The number of hydrogen-bond acceptors (Lipinski definition) is 11. The van der Waals surface area contributed by atoms with Crippen LogP contribution in [0.4, 0.5) is 5.69 Å². The molecule has 1 N–H and O–H groups in total. The van der Waals surface area contributed by atoms with Crippen LogP contribution in [0.5, 0.6) is 0 Å². The first-order chi connectivity index (χ1) is 48.5. The molecule has 16 nitrogen and oxygen atoms in total. The SMILES string of the molecule is COCCc1cccc[n+]1CC(=O)c1ccccc1.COCCc1ccccn1.COCc1c(-c2ccccc2)c(C(=O)C(=O)Cl)n2ccccc12.COCc1c(-c2ccccc2)c(C(=O)C(=O)Nc2ccccc2)n2ccccc12.COCc1c(-c2ccccc2)cn2ccccc12. The van der Waals surface area contributed by atoms with Crippen LogP contribution >= 0.6 is 11.6 Å². The van der Waals surface area contributed by atoms with Gasteiger partial charge in [-0.3, -0.25) is 29.0 Å². The van der Waals surface area contributed by atoms with Gasteiger partial charge < -0.3 is 42.2 Å². The number of ketones is 3. The molecule has 502 valence electrons. The molecule has 0 saturated heterocycles. The molecule has 8 heterocycles. The zero-order valence-electron chi connectivity index (χ0n) is 55.9. The third-order valence-corrected chi connectivity index (χ3v) is 16.1. The number of fused-ring (bicyclic) bond motifs is 3. The van der Waals surface area contributed by atoms with E-state index in [-0.39, 0.29) is 11.5 Å². The fourth-order valence-electron chi connectivity index (χ4n) is 11.4. The van der Waals surface area contributed by atoms with E-state index in [0.29, 0.717) is 55.5 Å². The monoisotopic (exact) mass is 1340 g/mol. The van der Waals surface area contributed by atoms with Crippen molar-refractivity contribution in [2.75, 3.05) is 54.1 Å². The molecule has 13 aromatic rings. The van der Waals surface area contributed by atoms with Crippen LogP contribution < -0.4 is 9.88 Å². The Kier molecular flexibility index (Phi) is 27.3. The van der Waals surface area contributed by atoms with E-state index < -0.39 is 22.7 Å². The van der Waals surface area contributed by atoms with E-state index in [4.69, 9.17) is 35.3 Å². The van der Waals surface area contributed by atoms with Gasteiger partial charge in [-0.25, -0.2) is 0 Å². The molecule has 0 saturated carbocycles. The van der Waals surface area contributed by atoms with E-state index in [1.807, 2.05) is 187 Å². The normalized spacial score (nSPS) is 10.6. The number of nitrogens with zero attached hydrogens (tertiary/aromatic N) is 5. The topological polar surface area (TPSA) is 174 Å². The molecule has 8 aromatic heterocycles. The van der Waals surface area contributed by atoms with Gasteiger partial charge in [-0.15, -0.1) is 0 Å². The molecule has 0 bridgehead atoms. The van der Waals surface area contributed by atoms with Crippen LogP contribution in [0.2, 0.25) is 0 Å². The molecular formula is C82H78ClN6O10+. The van der Waals surface area contributed by atoms with E-state index in [1.165, 1.54) is 22.2 Å². The van der Waals surface area contributed by atoms with Crippen molar-refractivity contribution in [1.82, 2.24) is 18.2 Å². The number of anilines is 1. The molecule has 0 spiro atoms. The van der Waals surface area contributed by atoms with Crippen molar-refractivity contribution in [3.05, 3.63) is 325 Å². The molecular weight excluding hydrogens is 1260 g/mol.